The monoisotopic (exact) mass is 459 g/mol. The average Bonchev–Trinajstić information content (AvgIpc) is 3.13. The molecule has 0 saturated heterocycles. The number of aliphatic carboxylic acids is 1. The summed E-state index contributed by atoms with van der Waals surface area (Å²) in [6.45, 7) is 3.17. The molecule has 1 aromatic heterocycles. The van der Waals surface area contributed by atoms with Crippen LogP contribution in [-0.4, -0.2) is 34.6 Å². The van der Waals surface area contributed by atoms with Crippen molar-refractivity contribution < 1.29 is 24.2 Å². The number of aryl methyl sites for hydroxylation is 1. The summed E-state index contributed by atoms with van der Waals surface area (Å²) >= 11 is 0. The van der Waals surface area contributed by atoms with E-state index in [-0.39, 0.29) is 12.2 Å². The zero-order valence-corrected chi connectivity index (χ0v) is 19.3. The standard InChI is InChI=1S/C28H29NO5/c1-20(30)18-21-8-10-22(11-9-21)33-16-4-5-17-34-23-12-13-25-24-6-2-3-7-26(24)29(27(25)19-23)15-14-28(31)32/h2-3,6-13,19H,4-5,14-18H2,1H3,(H,31,32). The van der Waals surface area contributed by atoms with Gasteiger partial charge in [0.1, 0.15) is 17.3 Å². The fourth-order valence-electron chi connectivity index (χ4n) is 4.14. The average molecular weight is 460 g/mol. The van der Waals surface area contributed by atoms with E-state index >= 15 is 0 Å². The smallest absolute Gasteiger partial charge is 0.305 e. The van der Waals surface area contributed by atoms with Gasteiger partial charge in [-0.2, -0.15) is 0 Å². The Balaban J connectivity index is 1.31. The summed E-state index contributed by atoms with van der Waals surface area (Å²) in [6.07, 6.45) is 2.22. The zero-order valence-electron chi connectivity index (χ0n) is 19.3. The number of hydrogen-bond acceptors (Lipinski definition) is 4. The number of carboxylic acids is 1. The topological polar surface area (TPSA) is 77.8 Å². The number of ketones is 1. The van der Waals surface area contributed by atoms with Crippen molar-refractivity contribution in [3.63, 3.8) is 0 Å². The van der Waals surface area contributed by atoms with Crippen molar-refractivity contribution >= 4 is 33.6 Å². The summed E-state index contributed by atoms with van der Waals surface area (Å²) in [6, 6.07) is 21.7. The molecule has 0 aliphatic carbocycles. The summed E-state index contributed by atoms with van der Waals surface area (Å²) in [7, 11) is 0. The van der Waals surface area contributed by atoms with Gasteiger partial charge in [-0.15, -0.1) is 0 Å². The lowest BCUT2D eigenvalue weighted by atomic mass is 10.1. The molecule has 0 atom stereocenters. The number of rotatable bonds is 12. The Morgan fingerprint density at radius 1 is 0.824 bits per heavy atom. The molecule has 0 saturated carbocycles. The van der Waals surface area contributed by atoms with Crippen molar-refractivity contribution in [1.29, 1.82) is 0 Å². The molecule has 0 fully saturated rings. The molecule has 4 rings (SSSR count). The lowest BCUT2D eigenvalue weighted by Crippen LogP contribution is -2.05. The summed E-state index contributed by atoms with van der Waals surface area (Å²) < 4.78 is 13.8. The van der Waals surface area contributed by atoms with Crippen LogP contribution in [0.25, 0.3) is 21.8 Å². The van der Waals surface area contributed by atoms with Crippen LogP contribution in [0.4, 0.5) is 0 Å². The first kappa shape index (κ1) is 23.4. The van der Waals surface area contributed by atoms with Crippen LogP contribution in [0, 0.1) is 0 Å². The van der Waals surface area contributed by atoms with Gasteiger partial charge in [0, 0.05) is 35.3 Å². The molecule has 6 nitrogen and oxygen atoms in total. The van der Waals surface area contributed by atoms with E-state index < -0.39 is 5.97 Å². The molecule has 0 bridgehead atoms. The first-order valence-corrected chi connectivity index (χ1v) is 11.6. The Labute approximate surface area is 198 Å². The Hall–Kier alpha value is -3.80. The predicted octanol–water partition coefficient (Wildman–Crippen LogP) is 5.64. The van der Waals surface area contributed by atoms with Crippen molar-refractivity contribution in [3.8, 4) is 11.5 Å². The second kappa shape index (κ2) is 10.9. The van der Waals surface area contributed by atoms with Gasteiger partial charge in [-0.05, 0) is 55.7 Å². The number of fused-ring (bicyclic) bond motifs is 3. The zero-order chi connectivity index (χ0) is 23.9. The number of nitrogens with zero attached hydrogens (tertiary/aromatic N) is 1. The summed E-state index contributed by atoms with van der Waals surface area (Å²) in [5, 5.41) is 11.4. The third-order valence-corrected chi connectivity index (χ3v) is 5.75. The molecule has 3 aromatic carbocycles. The van der Waals surface area contributed by atoms with Crippen LogP contribution in [0.1, 0.15) is 31.7 Å². The second-order valence-electron chi connectivity index (χ2n) is 8.42. The van der Waals surface area contributed by atoms with Crippen LogP contribution in [0.15, 0.2) is 66.7 Å². The third-order valence-electron chi connectivity index (χ3n) is 5.75. The van der Waals surface area contributed by atoms with E-state index in [0.717, 1.165) is 51.7 Å². The minimum atomic E-state index is -0.812. The van der Waals surface area contributed by atoms with Gasteiger partial charge in [0.15, 0.2) is 0 Å². The number of para-hydroxylation sites is 1. The third kappa shape index (κ3) is 5.76. The fourth-order valence-corrected chi connectivity index (χ4v) is 4.14. The van der Waals surface area contributed by atoms with E-state index in [1.165, 1.54) is 0 Å². The number of benzene rings is 3. The Kier molecular flexibility index (Phi) is 7.48. The van der Waals surface area contributed by atoms with E-state index in [1.54, 1.807) is 6.92 Å². The molecule has 176 valence electrons. The molecule has 1 heterocycles. The van der Waals surface area contributed by atoms with Gasteiger partial charge in [-0.25, -0.2) is 0 Å². The quantitative estimate of drug-likeness (QED) is 0.278. The van der Waals surface area contributed by atoms with E-state index in [1.807, 2.05) is 60.7 Å². The SMILES string of the molecule is CC(=O)Cc1ccc(OCCCCOc2ccc3c4ccccc4n(CCC(=O)O)c3c2)cc1. The Morgan fingerprint density at radius 2 is 1.47 bits per heavy atom. The molecule has 0 aliphatic heterocycles. The van der Waals surface area contributed by atoms with E-state index in [9.17, 15) is 9.59 Å². The lowest BCUT2D eigenvalue weighted by molar-refractivity contribution is -0.137. The van der Waals surface area contributed by atoms with Crippen LogP contribution >= 0.6 is 0 Å². The van der Waals surface area contributed by atoms with Gasteiger partial charge in [-0.1, -0.05) is 30.3 Å². The highest BCUT2D eigenvalue weighted by atomic mass is 16.5. The number of hydrogen-bond donors (Lipinski definition) is 1. The molecule has 6 heteroatoms. The molecule has 0 radical (unpaired) electrons. The van der Waals surface area contributed by atoms with Crippen molar-refractivity contribution in [3.05, 3.63) is 72.3 Å². The number of unbranched alkanes of at least 4 members (excludes halogenated alkanes) is 1. The van der Waals surface area contributed by atoms with E-state index in [0.29, 0.717) is 26.2 Å². The molecule has 0 aliphatic rings. The van der Waals surface area contributed by atoms with E-state index in [2.05, 4.69) is 10.6 Å². The van der Waals surface area contributed by atoms with Gasteiger partial charge >= 0.3 is 5.97 Å². The summed E-state index contributed by atoms with van der Waals surface area (Å²) in [5.74, 6) is 0.906. The van der Waals surface area contributed by atoms with Gasteiger partial charge in [0.2, 0.25) is 0 Å². The maximum atomic E-state index is 11.2. The molecule has 1 N–H and O–H groups in total. The van der Waals surface area contributed by atoms with Gasteiger partial charge < -0.3 is 19.1 Å². The first-order valence-electron chi connectivity index (χ1n) is 11.6. The van der Waals surface area contributed by atoms with Crippen LogP contribution in [0.3, 0.4) is 0 Å². The van der Waals surface area contributed by atoms with Crippen molar-refractivity contribution in [2.75, 3.05) is 13.2 Å². The van der Waals surface area contributed by atoms with Gasteiger partial charge in [-0.3, -0.25) is 9.59 Å². The molecule has 0 unspecified atom stereocenters. The van der Waals surface area contributed by atoms with Crippen molar-refractivity contribution in [1.82, 2.24) is 4.57 Å². The highest BCUT2D eigenvalue weighted by Crippen LogP contribution is 2.31. The number of ether oxygens (including phenoxy) is 2. The normalized spacial score (nSPS) is 11.1. The highest BCUT2D eigenvalue weighted by Gasteiger charge is 2.12. The minimum Gasteiger partial charge on any atom is -0.494 e. The number of Topliss-reactive ketones (excluding diaryl/α,β-unsaturated/α-hetero) is 1. The highest BCUT2D eigenvalue weighted by molar-refractivity contribution is 6.08. The molecular formula is C28H29NO5. The first-order chi connectivity index (χ1) is 16.5. The van der Waals surface area contributed by atoms with Gasteiger partial charge in [0.25, 0.3) is 0 Å². The minimum absolute atomic E-state index is 0.0678. The Morgan fingerprint density at radius 3 is 2.18 bits per heavy atom. The number of carbonyl (C=O) groups is 2. The summed E-state index contributed by atoms with van der Waals surface area (Å²) in [4.78, 5) is 22.3. The number of aromatic nitrogens is 1. The van der Waals surface area contributed by atoms with Crippen LogP contribution in [0.5, 0.6) is 11.5 Å². The number of carboxylic acid groups (broad SMARTS) is 1. The van der Waals surface area contributed by atoms with Crippen molar-refractivity contribution in [2.45, 2.75) is 39.2 Å². The van der Waals surface area contributed by atoms with Crippen LogP contribution in [-0.2, 0) is 22.6 Å². The number of carbonyl (C=O) groups excluding carboxylic acids is 1. The largest absolute Gasteiger partial charge is 0.494 e. The van der Waals surface area contributed by atoms with Crippen LogP contribution in [0.2, 0.25) is 0 Å². The Bertz CT molecular complexity index is 1290. The van der Waals surface area contributed by atoms with Gasteiger partial charge in [0.05, 0.1) is 25.2 Å². The molecular weight excluding hydrogens is 430 g/mol. The van der Waals surface area contributed by atoms with Crippen LogP contribution < -0.4 is 9.47 Å². The molecule has 4 aromatic rings. The fraction of sp³-hybridized carbons (Fsp3) is 0.286. The predicted molar refractivity (Wildman–Crippen MR) is 133 cm³/mol. The second-order valence-corrected chi connectivity index (χ2v) is 8.42. The van der Waals surface area contributed by atoms with Crippen molar-refractivity contribution in [2.24, 2.45) is 0 Å². The molecule has 0 amide bonds. The molecule has 34 heavy (non-hydrogen) atoms. The maximum absolute atomic E-state index is 11.2. The van der Waals surface area contributed by atoms with E-state index in [4.69, 9.17) is 14.6 Å². The molecule has 0 spiro atoms. The lowest BCUT2D eigenvalue weighted by Gasteiger charge is -2.10. The summed E-state index contributed by atoms with van der Waals surface area (Å²) in [5.41, 5.74) is 3.01. The maximum Gasteiger partial charge on any atom is 0.305 e.